The van der Waals surface area contributed by atoms with Crippen LogP contribution in [0.1, 0.15) is 47.4 Å². The van der Waals surface area contributed by atoms with Gasteiger partial charge in [0.25, 0.3) is 0 Å². The normalized spacial score (nSPS) is 18.5. The molecule has 0 aliphatic heterocycles. The number of hydrogen-bond acceptors (Lipinski definition) is 4. The van der Waals surface area contributed by atoms with Crippen molar-refractivity contribution in [3.05, 3.63) is 49.9 Å². The van der Waals surface area contributed by atoms with E-state index >= 15 is 0 Å². The zero-order valence-electron chi connectivity index (χ0n) is 13.0. The molecule has 128 valence electrons. The fourth-order valence-electron chi connectivity index (χ4n) is 3.05. The van der Waals surface area contributed by atoms with Crippen LogP contribution >= 0.6 is 34.5 Å². The van der Waals surface area contributed by atoms with E-state index in [1.54, 1.807) is 23.7 Å². The Labute approximate surface area is 154 Å². The first-order chi connectivity index (χ1) is 11.6. The van der Waals surface area contributed by atoms with Gasteiger partial charge in [-0.15, -0.1) is 11.3 Å². The van der Waals surface area contributed by atoms with Crippen LogP contribution in [0.3, 0.4) is 0 Å². The summed E-state index contributed by atoms with van der Waals surface area (Å²) in [6, 6.07) is 4.49. The maximum Gasteiger partial charge on any atom is 0.229 e. The lowest BCUT2D eigenvalue weighted by Gasteiger charge is -2.21. The van der Waals surface area contributed by atoms with E-state index in [-0.39, 0.29) is 18.4 Å². The van der Waals surface area contributed by atoms with Crippen molar-refractivity contribution < 1.29 is 9.90 Å². The molecule has 0 radical (unpaired) electrons. The summed E-state index contributed by atoms with van der Waals surface area (Å²) in [5.41, 5.74) is 3.49. The zero-order valence-corrected chi connectivity index (χ0v) is 15.3. The van der Waals surface area contributed by atoms with Crippen LogP contribution in [-0.2, 0) is 11.2 Å². The average Bonchev–Trinajstić information content (AvgIpc) is 2.92. The van der Waals surface area contributed by atoms with Gasteiger partial charge in [0.05, 0.1) is 29.8 Å². The molecule has 2 N–H and O–H groups in total. The molecule has 24 heavy (non-hydrogen) atoms. The van der Waals surface area contributed by atoms with Gasteiger partial charge in [0, 0.05) is 14.9 Å². The number of rotatable bonds is 4. The van der Waals surface area contributed by atoms with Gasteiger partial charge in [-0.3, -0.25) is 4.79 Å². The highest BCUT2D eigenvalue weighted by molar-refractivity contribution is 7.10. The molecule has 2 atom stereocenters. The minimum Gasteiger partial charge on any atom is -0.394 e. The van der Waals surface area contributed by atoms with Crippen LogP contribution in [0.25, 0.3) is 0 Å². The molecule has 0 saturated carbocycles. The summed E-state index contributed by atoms with van der Waals surface area (Å²) >= 11 is 13.7. The van der Waals surface area contributed by atoms with Crippen LogP contribution in [0, 0.1) is 0 Å². The van der Waals surface area contributed by atoms with Crippen molar-refractivity contribution in [2.24, 2.45) is 0 Å². The number of carbonyl (C=O) groups excluding carboxylic acids is 1. The van der Waals surface area contributed by atoms with Gasteiger partial charge >= 0.3 is 0 Å². The van der Waals surface area contributed by atoms with Crippen LogP contribution in [0.2, 0.25) is 10.0 Å². The van der Waals surface area contributed by atoms with E-state index in [1.807, 2.05) is 0 Å². The first kappa shape index (κ1) is 17.7. The number of halogens is 2. The van der Waals surface area contributed by atoms with Crippen LogP contribution in [0.15, 0.2) is 23.7 Å². The Kier molecular flexibility index (Phi) is 5.76. The molecule has 0 spiro atoms. The second kappa shape index (κ2) is 7.83. The van der Waals surface area contributed by atoms with E-state index in [0.717, 1.165) is 36.3 Å². The number of fused-ring (bicyclic) bond motifs is 1. The number of thiazole rings is 1. The fourth-order valence-corrected chi connectivity index (χ4v) is 4.56. The molecule has 0 saturated heterocycles. The summed E-state index contributed by atoms with van der Waals surface area (Å²) in [5, 5.41) is 13.6. The van der Waals surface area contributed by atoms with Crippen LogP contribution < -0.4 is 5.32 Å². The molecule has 1 amide bonds. The summed E-state index contributed by atoms with van der Waals surface area (Å²) in [6.45, 7) is -0.227. The van der Waals surface area contributed by atoms with Gasteiger partial charge in [-0.05, 0) is 37.0 Å². The molecule has 1 aliphatic rings. The Bertz CT molecular complexity index is 735. The molecule has 1 aromatic carbocycles. The number of aromatic nitrogens is 1. The third-order valence-electron chi connectivity index (χ3n) is 4.30. The predicted molar refractivity (Wildman–Crippen MR) is 96.8 cm³/mol. The monoisotopic (exact) mass is 384 g/mol. The van der Waals surface area contributed by atoms with E-state index in [0.29, 0.717) is 15.6 Å². The number of benzene rings is 1. The van der Waals surface area contributed by atoms with E-state index in [2.05, 4.69) is 10.3 Å². The summed E-state index contributed by atoms with van der Waals surface area (Å²) in [5.74, 6) is -0.303. The van der Waals surface area contributed by atoms with Crippen LogP contribution in [-0.4, -0.2) is 22.6 Å². The first-order valence-electron chi connectivity index (χ1n) is 7.88. The van der Waals surface area contributed by atoms with Crippen molar-refractivity contribution >= 4 is 40.4 Å². The van der Waals surface area contributed by atoms with E-state index in [9.17, 15) is 9.90 Å². The quantitative estimate of drug-likeness (QED) is 0.779. The van der Waals surface area contributed by atoms with E-state index in [1.165, 1.54) is 11.3 Å². The highest BCUT2D eigenvalue weighted by Crippen LogP contribution is 2.34. The molecule has 0 bridgehead atoms. The largest absolute Gasteiger partial charge is 0.394 e. The van der Waals surface area contributed by atoms with Crippen molar-refractivity contribution in [2.45, 2.75) is 37.6 Å². The summed E-state index contributed by atoms with van der Waals surface area (Å²) < 4.78 is 0. The Hall–Kier alpha value is -1.14. The van der Waals surface area contributed by atoms with Gasteiger partial charge < -0.3 is 10.4 Å². The van der Waals surface area contributed by atoms with Crippen LogP contribution in [0.5, 0.6) is 0 Å². The summed E-state index contributed by atoms with van der Waals surface area (Å²) in [4.78, 5) is 18.2. The number of nitrogens with zero attached hydrogens (tertiary/aromatic N) is 1. The highest BCUT2D eigenvalue weighted by atomic mass is 35.5. The number of hydrogen-bond donors (Lipinski definition) is 2. The smallest absolute Gasteiger partial charge is 0.229 e. The minimum atomic E-state index is -0.554. The second-order valence-corrected chi connectivity index (χ2v) is 7.60. The molecule has 0 fully saturated rings. The number of nitrogens with one attached hydrogen (secondary N) is 1. The standard InChI is InChI=1S/C17H18Cl2N2O2S/c18-10-5-6-11(13(19)7-10)15(8-22)21-17(23)12-3-1-2-4-14-16(12)24-9-20-14/h5-7,9,12,15,22H,1-4,8H2,(H,21,23)/t12?,15-/m1/s1. The Morgan fingerprint density at radius 1 is 1.42 bits per heavy atom. The number of aliphatic hydroxyl groups excluding tert-OH is 1. The number of aryl methyl sites for hydroxylation is 1. The molecular formula is C17H18Cl2N2O2S. The molecule has 2 aromatic rings. The topological polar surface area (TPSA) is 62.2 Å². The molecule has 4 nitrogen and oxygen atoms in total. The molecule has 3 rings (SSSR count). The maximum absolute atomic E-state index is 12.8. The lowest BCUT2D eigenvalue weighted by atomic mass is 9.99. The van der Waals surface area contributed by atoms with E-state index < -0.39 is 6.04 Å². The fraction of sp³-hybridized carbons (Fsp3) is 0.412. The van der Waals surface area contributed by atoms with Crippen molar-refractivity contribution in [1.29, 1.82) is 0 Å². The van der Waals surface area contributed by atoms with Gasteiger partial charge in [0.15, 0.2) is 0 Å². The molecule has 1 aromatic heterocycles. The predicted octanol–water partition coefficient (Wildman–Crippen LogP) is 4.11. The maximum atomic E-state index is 12.8. The summed E-state index contributed by atoms with van der Waals surface area (Å²) in [6.07, 6.45) is 3.77. The van der Waals surface area contributed by atoms with Crippen LogP contribution in [0.4, 0.5) is 0 Å². The molecule has 7 heteroatoms. The highest BCUT2D eigenvalue weighted by Gasteiger charge is 2.29. The van der Waals surface area contributed by atoms with Gasteiger partial charge in [0.2, 0.25) is 5.91 Å². The molecule has 1 heterocycles. The number of carbonyl (C=O) groups is 1. The van der Waals surface area contributed by atoms with Crippen molar-refractivity contribution in [3.8, 4) is 0 Å². The Balaban J connectivity index is 1.80. The third-order valence-corrected chi connectivity index (χ3v) is 5.85. The summed E-state index contributed by atoms with van der Waals surface area (Å²) in [7, 11) is 0. The minimum absolute atomic E-state index is 0.0903. The molecule has 1 aliphatic carbocycles. The number of amides is 1. The van der Waals surface area contributed by atoms with Gasteiger partial charge in [-0.2, -0.15) is 0 Å². The second-order valence-electron chi connectivity index (χ2n) is 5.87. The average molecular weight is 385 g/mol. The van der Waals surface area contributed by atoms with Crippen molar-refractivity contribution in [2.75, 3.05) is 6.61 Å². The van der Waals surface area contributed by atoms with Gasteiger partial charge in [-0.25, -0.2) is 4.98 Å². The van der Waals surface area contributed by atoms with Gasteiger partial charge in [0.1, 0.15) is 0 Å². The zero-order chi connectivity index (χ0) is 17.1. The SMILES string of the molecule is O=C(N[C@H](CO)c1ccc(Cl)cc1Cl)C1CCCCc2ncsc21. The lowest BCUT2D eigenvalue weighted by Crippen LogP contribution is -2.34. The first-order valence-corrected chi connectivity index (χ1v) is 9.52. The molecular weight excluding hydrogens is 367 g/mol. The molecule has 1 unspecified atom stereocenters. The third kappa shape index (κ3) is 3.75. The Morgan fingerprint density at radius 2 is 2.25 bits per heavy atom. The Morgan fingerprint density at radius 3 is 3.00 bits per heavy atom. The lowest BCUT2D eigenvalue weighted by molar-refractivity contribution is -0.123. The van der Waals surface area contributed by atoms with E-state index in [4.69, 9.17) is 23.2 Å². The van der Waals surface area contributed by atoms with Crippen molar-refractivity contribution in [3.63, 3.8) is 0 Å². The number of aliphatic hydroxyl groups is 1. The van der Waals surface area contributed by atoms with Gasteiger partial charge in [-0.1, -0.05) is 35.7 Å². The van der Waals surface area contributed by atoms with Crippen molar-refractivity contribution in [1.82, 2.24) is 10.3 Å².